The molecule has 0 spiro atoms. The molecule has 27 heavy (non-hydrogen) atoms. The van der Waals surface area contributed by atoms with Gasteiger partial charge in [0.2, 0.25) is 5.75 Å². The Kier molecular flexibility index (Phi) is 7.22. The summed E-state index contributed by atoms with van der Waals surface area (Å²) < 4.78 is 43.6. The minimum absolute atomic E-state index is 0.270. The first-order valence-electron chi connectivity index (χ1n) is 8.57. The van der Waals surface area contributed by atoms with Gasteiger partial charge in [-0.3, -0.25) is 0 Å². The summed E-state index contributed by atoms with van der Waals surface area (Å²) in [4.78, 5) is 12.2. The van der Waals surface area contributed by atoms with Crippen molar-refractivity contribution in [1.82, 2.24) is 0 Å². The monoisotopic (exact) mass is 380 g/mol. The molecule has 2 aromatic carbocycles. The Hall–Kier alpha value is -3.03. The molecule has 0 aliphatic heterocycles. The Morgan fingerprint density at radius 1 is 0.889 bits per heavy atom. The Morgan fingerprint density at radius 2 is 1.48 bits per heavy atom. The summed E-state index contributed by atoms with van der Waals surface area (Å²) in [5, 5.41) is 4.81. The molecule has 2 rings (SSSR count). The smallest absolute Gasteiger partial charge is 0.323 e. The average molecular weight is 380 g/mol. The van der Waals surface area contributed by atoms with Gasteiger partial charge in [0, 0.05) is 18.2 Å². The maximum atomic E-state index is 13.7. The number of anilines is 2. The molecule has 0 aliphatic carbocycles. The zero-order chi connectivity index (χ0) is 19.8. The molecule has 0 saturated heterocycles. The van der Waals surface area contributed by atoms with Crippen LogP contribution in [0, 0.1) is 11.6 Å². The van der Waals surface area contributed by atoms with Crippen molar-refractivity contribution in [2.45, 2.75) is 20.8 Å². The highest BCUT2D eigenvalue weighted by molar-refractivity contribution is 6.00. The van der Waals surface area contributed by atoms with Crippen LogP contribution in [0.3, 0.4) is 0 Å². The van der Waals surface area contributed by atoms with Crippen molar-refractivity contribution in [1.29, 1.82) is 0 Å². The highest BCUT2D eigenvalue weighted by atomic mass is 19.1. The molecule has 2 N–H and O–H groups in total. The number of ether oxygens (including phenoxy) is 3. The summed E-state index contributed by atoms with van der Waals surface area (Å²) >= 11 is 0. The van der Waals surface area contributed by atoms with Crippen molar-refractivity contribution in [2.24, 2.45) is 0 Å². The topological polar surface area (TPSA) is 68.8 Å². The second-order valence-electron chi connectivity index (χ2n) is 5.30. The van der Waals surface area contributed by atoms with E-state index in [4.69, 9.17) is 14.2 Å². The largest absolute Gasteiger partial charge is 0.490 e. The van der Waals surface area contributed by atoms with E-state index in [2.05, 4.69) is 10.6 Å². The van der Waals surface area contributed by atoms with Gasteiger partial charge in [0.25, 0.3) is 0 Å². The molecule has 0 saturated carbocycles. The van der Waals surface area contributed by atoms with Crippen LogP contribution >= 0.6 is 0 Å². The second kappa shape index (κ2) is 9.61. The Balaban J connectivity index is 2.26. The van der Waals surface area contributed by atoms with Crippen LogP contribution in [0.1, 0.15) is 20.8 Å². The minimum atomic E-state index is -0.747. The number of carbonyl (C=O) groups excluding carboxylic acids is 1. The third-order valence-electron chi connectivity index (χ3n) is 3.34. The van der Waals surface area contributed by atoms with Crippen molar-refractivity contribution in [3.05, 3.63) is 42.0 Å². The van der Waals surface area contributed by atoms with E-state index in [0.717, 1.165) is 18.2 Å². The van der Waals surface area contributed by atoms with Crippen LogP contribution in [0.15, 0.2) is 30.3 Å². The lowest BCUT2D eigenvalue weighted by Gasteiger charge is -2.17. The molecular weight excluding hydrogens is 358 g/mol. The van der Waals surface area contributed by atoms with Crippen molar-refractivity contribution >= 4 is 17.4 Å². The highest BCUT2D eigenvalue weighted by Gasteiger charge is 2.16. The van der Waals surface area contributed by atoms with Gasteiger partial charge in [-0.05, 0) is 32.9 Å². The summed E-state index contributed by atoms with van der Waals surface area (Å²) in [7, 11) is 0. The van der Waals surface area contributed by atoms with Crippen molar-refractivity contribution in [2.75, 3.05) is 30.5 Å². The minimum Gasteiger partial charge on any atom is -0.490 e. The molecule has 0 atom stereocenters. The van der Waals surface area contributed by atoms with Crippen LogP contribution in [0.4, 0.5) is 25.0 Å². The normalized spacial score (nSPS) is 10.3. The highest BCUT2D eigenvalue weighted by Crippen LogP contribution is 2.40. The van der Waals surface area contributed by atoms with Crippen LogP contribution < -0.4 is 24.8 Å². The number of halogens is 2. The predicted octanol–water partition coefficient (Wildman–Crippen LogP) is 4.80. The van der Waals surface area contributed by atoms with Gasteiger partial charge in [-0.15, -0.1) is 0 Å². The molecule has 0 heterocycles. The summed E-state index contributed by atoms with van der Waals surface area (Å²) in [6.45, 7) is 6.64. The van der Waals surface area contributed by atoms with Crippen molar-refractivity contribution in [3.63, 3.8) is 0 Å². The molecular formula is C19H22F2N2O4. The number of carbonyl (C=O) groups is 1. The van der Waals surface area contributed by atoms with Gasteiger partial charge in [0.15, 0.2) is 11.5 Å². The maximum absolute atomic E-state index is 13.7. The van der Waals surface area contributed by atoms with Crippen molar-refractivity contribution in [3.8, 4) is 17.2 Å². The third kappa shape index (κ3) is 5.47. The van der Waals surface area contributed by atoms with Crippen LogP contribution in [0.5, 0.6) is 17.2 Å². The number of amides is 2. The molecule has 146 valence electrons. The first-order valence-corrected chi connectivity index (χ1v) is 8.57. The summed E-state index contributed by atoms with van der Waals surface area (Å²) in [6, 6.07) is 5.19. The standard InChI is InChI=1S/C19H22F2N2O4/c1-4-25-16-10-13(11-17(26-5-2)18(16)27-6-3)22-19(24)23-15-9-12(20)7-8-14(15)21/h7-11H,4-6H2,1-3H3,(H2,22,23,24). The van der Waals surface area contributed by atoms with E-state index >= 15 is 0 Å². The fourth-order valence-electron chi connectivity index (χ4n) is 2.34. The van der Waals surface area contributed by atoms with E-state index in [-0.39, 0.29) is 5.69 Å². The van der Waals surface area contributed by atoms with E-state index in [0.29, 0.717) is 42.8 Å². The first kappa shape index (κ1) is 20.3. The lowest BCUT2D eigenvalue weighted by molar-refractivity contribution is 0.260. The lowest BCUT2D eigenvalue weighted by Crippen LogP contribution is -2.20. The van der Waals surface area contributed by atoms with Gasteiger partial charge in [0.05, 0.1) is 31.2 Å². The zero-order valence-corrected chi connectivity index (χ0v) is 15.4. The van der Waals surface area contributed by atoms with E-state index in [1.807, 2.05) is 20.8 Å². The molecule has 2 amide bonds. The SMILES string of the molecule is CCOc1cc(NC(=O)Nc2cc(F)ccc2F)cc(OCC)c1OCC. The molecule has 0 fully saturated rings. The van der Waals surface area contributed by atoms with Gasteiger partial charge in [-0.25, -0.2) is 13.6 Å². The summed E-state index contributed by atoms with van der Waals surface area (Å²) in [6.07, 6.45) is 0. The number of hydrogen-bond donors (Lipinski definition) is 2. The molecule has 0 aliphatic rings. The van der Waals surface area contributed by atoms with E-state index in [1.165, 1.54) is 0 Å². The third-order valence-corrected chi connectivity index (χ3v) is 3.34. The lowest BCUT2D eigenvalue weighted by atomic mass is 10.2. The fraction of sp³-hybridized carbons (Fsp3) is 0.316. The Morgan fingerprint density at radius 3 is 2.04 bits per heavy atom. The number of hydrogen-bond acceptors (Lipinski definition) is 4. The van der Waals surface area contributed by atoms with Gasteiger partial charge in [0.1, 0.15) is 11.6 Å². The molecule has 2 aromatic rings. The average Bonchev–Trinajstić information content (AvgIpc) is 2.61. The van der Waals surface area contributed by atoms with Crippen LogP contribution in [-0.2, 0) is 0 Å². The van der Waals surface area contributed by atoms with Crippen molar-refractivity contribution < 1.29 is 27.8 Å². The number of benzene rings is 2. The van der Waals surface area contributed by atoms with E-state index in [1.54, 1.807) is 12.1 Å². The predicted molar refractivity (Wildman–Crippen MR) is 98.9 cm³/mol. The van der Waals surface area contributed by atoms with Crippen LogP contribution in [0.25, 0.3) is 0 Å². The van der Waals surface area contributed by atoms with Gasteiger partial charge >= 0.3 is 6.03 Å². The van der Waals surface area contributed by atoms with Gasteiger partial charge < -0.3 is 24.8 Å². The molecule has 0 unspecified atom stereocenters. The zero-order valence-electron chi connectivity index (χ0n) is 15.4. The fourth-order valence-corrected chi connectivity index (χ4v) is 2.34. The molecule has 0 bridgehead atoms. The number of rotatable bonds is 8. The second-order valence-corrected chi connectivity index (χ2v) is 5.30. The van der Waals surface area contributed by atoms with Gasteiger partial charge in [-0.1, -0.05) is 0 Å². The Labute approximate surface area is 156 Å². The first-order chi connectivity index (χ1) is 13.0. The van der Waals surface area contributed by atoms with Crippen LogP contribution in [0.2, 0.25) is 0 Å². The maximum Gasteiger partial charge on any atom is 0.323 e. The molecule has 8 heteroatoms. The van der Waals surface area contributed by atoms with Gasteiger partial charge in [-0.2, -0.15) is 0 Å². The number of urea groups is 1. The van der Waals surface area contributed by atoms with E-state index < -0.39 is 17.7 Å². The summed E-state index contributed by atoms with van der Waals surface area (Å²) in [5.74, 6) is -0.174. The van der Waals surface area contributed by atoms with Crippen LogP contribution in [-0.4, -0.2) is 25.9 Å². The summed E-state index contributed by atoms with van der Waals surface area (Å²) in [5.41, 5.74) is 0.0770. The Bertz CT molecular complexity index is 772. The number of nitrogens with one attached hydrogen (secondary N) is 2. The molecule has 6 nitrogen and oxygen atoms in total. The molecule has 0 radical (unpaired) electrons. The quantitative estimate of drug-likeness (QED) is 0.690. The molecule has 0 aromatic heterocycles. The van der Waals surface area contributed by atoms with E-state index in [9.17, 15) is 13.6 Å².